The van der Waals surface area contributed by atoms with E-state index in [4.69, 9.17) is 66.3 Å². The van der Waals surface area contributed by atoms with Crippen LogP contribution >= 0.6 is 0 Å². The zero-order chi connectivity index (χ0) is 93.3. The van der Waals surface area contributed by atoms with E-state index < -0.39 is 219 Å². The maximum atomic E-state index is 16.2. The number of benzene rings is 10. The smallest absolute Gasteiger partial charge is 0.338 e. The van der Waals surface area contributed by atoms with Crippen LogP contribution in [0.1, 0.15) is 172 Å². The van der Waals surface area contributed by atoms with E-state index in [9.17, 15) is 19.5 Å². The molecule has 8 aliphatic heterocycles. The van der Waals surface area contributed by atoms with Crippen molar-refractivity contribution in [2.45, 2.75) is 149 Å². The van der Waals surface area contributed by atoms with Crippen molar-refractivity contribution in [1.82, 2.24) is 19.6 Å². The van der Waals surface area contributed by atoms with Gasteiger partial charge in [0.15, 0.2) is 49.6 Å². The monoisotopic (exact) mass is 1820 g/mol. The van der Waals surface area contributed by atoms with E-state index in [-0.39, 0.29) is 90.7 Å². The van der Waals surface area contributed by atoms with Crippen molar-refractivity contribution in [3.05, 3.63) is 357 Å². The summed E-state index contributed by atoms with van der Waals surface area (Å²) < 4.78 is 95.4. The second-order valence-corrected chi connectivity index (χ2v) is 32.5. The zero-order valence-electron chi connectivity index (χ0n) is 71.6. The van der Waals surface area contributed by atoms with Gasteiger partial charge in [0.25, 0.3) is 47.3 Å². The number of ether oxygens (including phenoxy) is 14. The summed E-state index contributed by atoms with van der Waals surface area (Å²) in [6.45, 7) is 1.23. The fourth-order valence-electron chi connectivity index (χ4n) is 18.2. The molecule has 682 valence electrons. The molecule has 0 saturated carbocycles. The number of imide groups is 4. The zero-order valence-corrected chi connectivity index (χ0v) is 71.6. The number of carbonyl (C=O) groups excluding carboxylic acids is 14. The third-order valence-corrected chi connectivity index (χ3v) is 24.7. The predicted molar refractivity (Wildman–Crippen MR) is 462 cm³/mol. The molecular weight excluding hydrogens is 1730 g/mol. The fraction of sp³-hybridized carbons (Fsp3) is 0.267. The molecule has 8 amide bonds. The number of amides is 8. The summed E-state index contributed by atoms with van der Waals surface area (Å²) in [5, 5.41) is 13.0. The van der Waals surface area contributed by atoms with Crippen LogP contribution in [0.3, 0.4) is 0 Å². The van der Waals surface area contributed by atoms with Crippen molar-refractivity contribution < 1.29 is 139 Å². The van der Waals surface area contributed by atoms with Crippen LogP contribution in [-0.4, -0.2) is 251 Å². The molecule has 10 aromatic carbocycles. The average Bonchev–Trinajstić information content (AvgIpc) is 1.43. The van der Waals surface area contributed by atoms with Crippen LogP contribution in [0.2, 0.25) is 0 Å². The quantitative estimate of drug-likeness (QED) is 0.0284. The maximum Gasteiger partial charge on any atom is 0.338 e. The Balaban J connectivity index is 0.826. The summed E-state index contributed by atoms with van der Waals surface area (Å²) in [6.07, 6.45) is -33.5. The SMILES string of the molecule is CCC1O[C@H](OC2C(COC(=O)c3ccccc3)OC(O[C@@H]3C(CC)O[C@H](OC)[C@@H](N4C(=O)c5ccccc5C4=O)C3OC(=O)c3ccccc3)[C@H](N3C(=O)c4ccccc4C3=O)[C@H]2OC(=O)c2ccccc2)[C@@H](N2C(=O)c3ccccc3C2=O)C(OC(=O)c2ccccc2)[C@@H]1OC1OC(COC(=O)c2ccccc2)C(O)[C@H](OC(=O)c2ccccc2)[C@H]1N1C(=O)c2ccccc2C1=O. The van der Waals surface area contributed by atoms with Crippen LogP contribution in [0.4, 0.5) is 0 Å². The van der Waals surface area contributed by atoms with E-state index in [2.05, 4.69) is 0 Å². The number of methoxy groups -OCH3 is 1. The van der Waals surface area contributed by atoms with Gasteiger partial charge in [-0.15, -0.1) is 0 Å². The molecule has 0 spiro atoms. The second-order valence-electron chi connectivity index (χ2n) is 32.5. The minimum Gasteiger partial charge on any atom is -0.459 e. The van der Waals surface area contributed by atoms with Gasteiger partial charge in [-0.05, 0) is 134 Å². The van der Waals surface area contributed by atoms with Crippen LogP contribution in [0.5, 0.6) is 0 Å². The first-order valence-electron chi connectivity index (χ1n) is 43.3. The number of carbonyl (C=O) groups is 14. The van der Waals surface area contributed by atoms with Crippen molar-refractivity contribution in [2.24, 2.45) is 0 Å². The van der Waals surface area contributed by atoms with Gasteiger partial charge in [0.2, 0.25) is 0 Å². The van der Waals surface area contributed by atoms with E-state index in [0.29, 0.717) is 14.7 Å². The number of esters is 6. The van der Waals surface area contributed by atoms with Crippen LogP contribution in [-0.2, 0) is 66.3 Å². The third kappa shape index (κ3) is 17.0. The van der Waals surface area contributed by atoms with Gasteiger partial charge in [-0.3, -0.25) is 58.0 Å². The van der Waals surface area contributed by atoms with Crippen LogP contribution in [0.25, 0.3) is 0 Å². The molecule has 33 heteroatoms. The molecule has 4 fully saturated rings. The van der Waals surface area contributed by atoms with Crippen molar-refractivity contribution in [2.75, 3.05) is 20.3 Å². The maximum absolute atomic E-state index is 16.2. The molecule has 0 radical (unpaired) electrons. The number of aliphatic hydroxyl groups excluding tert-OH is 1. The molecule has 20 atom stereocenters. The summed E-state index contributed by atoms with van der Waals surface area (Å²) in [5.41, 5.74) is -1.93. The molecule has 0 bridgehead atoms. The summed E-state index contributed by atoms with van der Waals surface area (Å²) >= 11 is 0. The Labute approximate surface area is 764 Å². The van der Waals surface area contributed by atoms with Gasteiger partial charge in [-0.2, -0.15) is 0 Å². The van der Waals surface area contributed by atoms with Crippen molar-refractivity contribution in [1.29, 1.82) is 0 Å². The Morgan fingerprint density at radius 3 is 0.724 bits per heavy atom. The fourth-order valence-corrected chi connectivity index (χ4v) is 18.2. The predicted octanol–water partition coefficient (Wildman–Crippen LogP) is 10.1. The van der Waals surface area contributed by atoms with Gasteiger partial charge in [0, 0.05) is 7.11 Å². The summed E-state index contributed by atoms with van der Waals surface area (Å²) in [7, 11) is 1.22. The summed E-state index contributed by atoms with van der Waals surface area (Å²) in [6, 6.07) is 58.8. The Hall–Kier alpha value is -14.8. The molecule has 0 aliphatic carbocycles. The molecule has 134 heavy (non-hydrogen) atoms. The molecule has 33 nitrogen and oxygen atoms in total. The number of rotatable bonds is 27. The largest absolute Gasteiger partial charge is 0.459 e. The standard InChI is InChI=1S/C101H84N4O29/c1-4-68-77(81(129-95(118)57-38-18-9-19-39-57)73(98(121-3)124-68)103-86(109)62-46-26-27-47-63(62)87(103)110)133-101-75(105-90(113)66-50-30-31-51-67(66)91(105)114)83(131-97(120)59-42-22-11-23-43-59)79(71(127-101)53-123-93(116)55-34-14-7-15-35-55)134-100-74(104-88(111)64-48-28-29-49-65(64)89(104)112)82(130-96(119)58-40-20-10-21-41-58)78(69(5-2)125-100)132-99-72(102-84(107)60-44-24-25-45-61(60)85(102)108)80(128-94(117)56-36-16-8-17-37-56)76(106)70(126-99)52-122-92(115)54-32-12-6-13-33-54/h6-51,68-83,98-101,106H,4-5,52-53H2,1-3H3/t68?,69?,70?,71?,72-,73+,74+,75-,76?,77-,78-,79?,80-,81?,82?,83-,98+,99?,100-,101?/m1/s1. The highest BCUT2D eigenvalue weighted by molar-refractivity contribution is 6.24. The third-order valence-electron chi connectivity index (χ3n) is 24.7. The summed E-state index contributed by atoms with van der Waals surface area (Å²) in [5.74, 6) is -14.9. The first-order chi connectivity index (χ1) is 65.1. The van der Waals surface area contributed by atoms with Gasteiger partial charge >= 0.3 is 35.8 Å². The van der Waals surface area contributed by atoms with Crippen molar-refractivity contribution in [3.8, 4) is 0 Å². The van der Waals surface area contributed by atoms with Gasteiger partial charge in [0.05, 0.1) is 90.1 Å². The van der Waals surface area contributed by atoms with E-state index in [1.54, 1.807) is 67.6 Å². The molecule has 0 aromatic heterocycles. The lowest BCUT2D eigenvalue weighted by atomic mass is 9.90. The normalized spacial score (nSPS) is 26.9. The van der Waals surface area contributed by atoms with Crippen molar-refractivity contribution in [3.63, 3.8) is 0 Å². The summed E-state index contributed by atoms with van der Waals surface area (Å²) in [4.78, 5) is 219. The Bertz CT molecular complexity index is 6080. The van der Waals surface area contributed by atoms with Crippen LogP contribution in [0, 0.1) is 0 Å². The molecule has 1 N–H and O–H groups in total. The van der Waals surface area contributed by atoms with Crippen molar-refractivity contribution >= 4 is 83.1 Å². The topological polar surface area (TPSA) is 401 Å². The first-order valence-corrected chi connectivity index (χ1v) is 43.3. The molecule has 18 rings (SSSR count). The lowest BCUT2D eigenvalue weighted by molar-refractivity contribution is -0.367. The second kappa shape index (κ2) is 38.6. The molecule has 10 aromatic rings. The Morgan fingerprint density at radius 1 is 0.261 bits per heavy atom. The Kier molecular flexibility index (Phi) is 25.8. The van der Waals surface area contributed by atoms with Crippen LogP contribution in [0.15, 0.2) is 279 Å². The number of hydrogen-bond donors (Lipinski definition) is 1. The molecule has 10 unspecified atom stereocenters. The minimum absolute atomic E-state index is 0.0354. The first kappa shape index (κ1) is 89.8. The lowest BCUT2D eigenvalue weighted by Gasteiger charge is -2.54. The van der Waals surface area contributed by atoms with E-state index >= 15 is 52.7 Å². The number of nitrogens with zero attached hydrogens (tertiary/aromatic N) is 4. The molecule has 8 heterocycles. The highest BCUT2D eigenvalue weighted by Crippen LogP contribution is 2.46. The highest BCUT2D eigenvalue weighted by atomic mass is 16.8. The average molecular weight is 1820 g/mol. The molecule has 8 aliphatic rings. The minimum atomic E-state index is -2.41. The lowest BCUT2D eigenvalue weighted by Crippen LogP contribution is -2.73. The number of hydrogen-bond acceptors (Lipinski definition) is 29. The highest BCUT2D eigenvalue weighted by Gasteiger charge is 2.66. The molecule has 4 saturated heterocycles. The van der Waals surface area contributed by atoms with E-state index in [1.165, 1.54) is 232 Å². The van der Waals surface area contributed by atoms with Gasteiger partial charge < -0.3 is 71.4 Å². The molecular formula is C101H84N4O29. The number of aliphatic hydroxyl groups is 1. The van der Waals surface area contributed by atoms with Gasteiger partial charge in [-0.1, -0.05) is 172 Å². The van der Waals surface area contributed by atoms with Gasteiger partial charge in [0.1, 0.15) is 74.0 Å². The van der Waals surface area contributed by atoms with Crippen LogP contribution < -0.4 is 0 Å². The van der Waals surface area contributed by atoms with E-state index in [0.717, 1.165) is 4.90 Å². The Morgan fingerprint density at radius 2 is 0.463 bits per heavy atom. The van der Waals surface area contributed by atoms with E-state index in [1.807, 2.05) is 0 Å². The van der Waals surface area contributed by atoms with Gasteiger partial charge in [-0.25, -0.2) is 28.8 Å². The number of fused-ring (bicyclic) bond motifs is 4.